The van der Waals surface area contributed by atoms with Crippen molar-refractivity contribution in [1.82, 2.24) is 4.31 Å². The van der Waals surface area contributed by atoms with Crippen molar-refractivity contribution in [1.29, 1.82) is 0 Å². The van der Waals surface area contributed by atoms with Gasteiger partial charge in [-0.2, -0.15) is 4.31 Å². The third-order valence-electron chi connectivity index (χ3n) is 3.99. The van der Waals surface area contributed by atoms with E-state index in [1.807, 2.05) is 18.2 Å². The molecule has 0 spiro atoms. The van der Waals surface area contributed by atoms with Crippen LogP contribution in [0.2, 0.25) is 0 Å². The summed E-state index contributed by atoms with van der Waals surface area (Å²) in [5.41, 5.74) is 0.881. The Labute approximate surface area is 115 Å². The van der Waals surface area contributed by atoms with Gasteiger partial charge in [0.2, 0.25) is 10.0 Å². The average Bonchev–Trinajstić information content (AvgIpc) is 3.12. The van der Waals surface area contributed by atoms with Crippen LogP contribution in [0.3, 0.4) is 0 Å². The molecule has 0 aliphatic carbocycles. The zero-order valence-corrected chi connectivity index (χ0v) is 11.9. The normalized spacial score (nSPS) is 21.2. The molecular weight excluding hydrogens is 260 g/mol. The Kier molecular flexibility index (Phi) is 3.50. The van der Waals surface area contributed by atoms with E-state index in [0.29, 0.717) is 18.0 Å². The molecule has 3 rings (SSSR count). The highest BCUT2D eigenvalue weighted by Crippen LogP contribution is 2.31. The van der Waals surface area contributed by atoms with Gasteiger partial charge in [0.25, 0.3) is 0 Å². The largest absolute Gasteiger partial charge is 0.370 e. The van der Waals surface area contributed by atoms with E-state index < -0.39 is 10.0 Å². The maximum Gasteiger partial charge on any atom is 0.245 e. The molecule has 2 fully saturated rings. The number of benzene rings is 1. The van der Waals surface area contributed by atoms with Crippen molar-refractivity contribution in [2.75, 3.05) is 31.1 Å². The second-order valence-electron chi connectivity index (χ2n) is 5.27. The van der Waals surface area contributed by atoms with Crippen molar-refractivity contribution in [3.05, 3.63) is 24.3 Å². The van der Waals surface area contributed by atoms with Crippen molar-refractivity contribution in [3.8, 4) is 0 Å². The molecule has 0 aromatic heterocycles. The first-order valence-corrected chi connectivity index (χ1v) is 8.48. The van der Waals surface area contributed by atoms with Crippen molar-refractivity contribution in [2.45, 2.75) is 30.6 Å². The lowest BCUT2D eigenvalue weighted by Gasteiger charge is -2.23. The van der Waals surface area contributed by atoms with E-state index in [2.05, 4.69) is 4.90 Å². The van der Waals surface area contributed by atoms with Crippen LogP contribution in [-0.2, 0) is 10.0 Å². The molecule has 0 atom stereocenters. The molecule has 2 heterocycles. The van der Waals surface area contributed by atoms with Gasteiger partial charge in [-0.05, 0) is 37.8 Å². The van der Waals surface area contributed by atoms with Crippen LogP contribution >= 0.6 is 0 Å². The smallest absolute Gasteiger partial charge is 0.245 e. The van der Waals surface area contributed by atoms with Gasteiger partial charge in [-0.1, -0.05) is 12.1 Å². The SMILES string of the molecule is O=S(=O)(c1ccccc1N1CCCC1)N1CCCC1. The van der Waals surface area contributed by atoms with Gasteiger partial charge >= 0.3 is 0 Å². The Morgan fingerprint density at radius 1 is 0.842 bits per heavy atom. The monoisotopic (exact) mass is 280 g/mol. The Morgan fingerprint density at radius 2 is 1.42 bits per heavy atom. The summed E-state index contributed by atoms with van der Waals surface area (Å²) in [6.45, 7) is 3.26. The molecule has 1 aromatic carbocycles. The number of hydrogen-bond donors (Lipinski definition) is 0. The standard InChI is InChI=1S/C14H20N2O2S/c17-19(18,16-11-5-6-12-16)14-8-2-1-7-13(14)15-9-3-4-10-15/h1-2,7-8H,3-6,9-12H2. The molecule has 2 aliphatic heterocycles. The molecule has 104 valence electrons. The number of nitrogens with zero attached hydrogens (tertiary/aromatic N) is 2. The summed E-state index contributed by atoms with van der Waals surface area (Å²) in [5.74, 6) is 0. The fraction of sp³-hybridized carbons (Fsp3) is 0.571. The van der Waals surface area contributed by atoms with Gasteiger partial charge in [-0.25, -0.2) is 8.42 Å². The summed E-state index contributed by atoms with van der Waals surface area (Å²) in [7, 11) is -3.32. The minimum absolute atomic E-state index is 0.485. The molecule has 0 unspecified atom stereocenters. The zero-order chi connectivity index (χ0) is 13.3. The number of sulfonamides is 1. The fourth-order valence-electron chi connectivity index (χ4n) is 2.96. The minimum Gasteiger partial charge on any atom is -0.370 e. The molecule has 2 aliphatic rings. The molecule has 0 N–H and O–H groups in total. The number of anilines is 1. The van der Waals surface area contributed by atoms with Gasteiger partial charge in [0.15, 0.2) is 0 Å². The second-order valence-corrected chi connectivity index (χ2v) is 7.18. The van der Waals surface area contributed by atoms with Gasteiger partial charge in [0, 0.05) is 26.2 Å². The highest BCUT2D eigenvalue weighted by molar-refractivity contribution is 7.89. The lowest BCUT2D eigenvalue weighted by atomic mass is 10.3. The average molecular weight is 280 g/mol. The van der Waals surface area contributed by atoms with E-state index in [1.54, 1.807) is 10.4 Å². The highest BCUT2D eigenvalue weighted by Gasteiger charge is 2.30. The highest BCUT2D eigenvalue weighted by atomic mass is 32.2. The van der Waals surface area contributed by atoms with Gasteiger partial charge in [0.1, 0.15) is 4.90 Å². The van der Waals surface area contributed by atoms with Crippen LogP contribution in [-0.4, -0.2) is 38.9 Å². The number of para-hydroxylation sites is 1. The summed E-state index contributed by atoms with van der Waals surface area (Å²) in [4.78, 5) is 2.68. The van der Waals surface area contributed by atoms with Crippen LogP contribution in [0.25, 0.3) is 0 Å². The van der Waals surface area contributed by atoms with E-state index >= 15 is 0 Å². The van der Waals surface area contributed by atoms with E-state index in [1.165, 1.54) is 0 Å². The van der Waals surface area contributed by atoms with E-state index in [4.69, 9.17) is 0 Å². The van der Waals surface area contributed by atoms with Crippen LogP contribution in [0, 0.1) is 0 Å². The first-order chi connectivity index (χ1) is 9.19. The van der Waals surface area contributed by atoms with Crippen molar-refractivity contribution in [2.24, 2.45) is 0 Å². The van der Waals surface area contributed by atoms with Gasteiger partial charge in [-0.15, -0.1) is 0 Å². The molecule has 1 aromatic rings. The van der Waals surface area contributed by atoms with Gasteiger partial charge in [0.05, 0.1) is 5.69 Å². The first-order valence-electron chi connectivity index (χ1n) is 7.04. The number of rotatable bonds is 3. The van der Waals surface area contributed by atoms with Gasteiger partial charge < -0.3 is 4.90 Å². The summed E-state index contributed by atoms with van der Waals surface area (Å²) in [6.07, 6.45) is 4.26. The quantitative estimate of drug-likeness (QED) is 0.851. The lowest BCUT2D eigenvalue weighted by Crippen LogP contribution is -2.30. The summed E-state index contributed by atoms with van der Waals surface area (Å²) < 4.78 is 27.0. The Morgan fingerprint density at radius 3 is 2.11 bits per heavy atom. The maximum atomic E-state index is 12.7. The molecule has 4 nitrogen and oxygen atoms in total. The van der Waals surface area contributed by atoms with Crippen LogP contribution in [0.1, 0.15) is 25.7 Å². The summed E-state index contributed by atoms with van der Waals surface area (Å²) in [5, 5.41) is 0. The molecule has 19 heavy (non-hydrogen) atoms. The van der Waals surface area contributed by atoms with Crippen LogP contribution in [0.4, 0.5) is 5.69 Å². The third-order valence-corrected chi connectivity index (χ3v) is 5.94. The molecular formula is C14H20N2O2S. The molecule has 0 saturated carbocycles. The molecule has 0 bridgehead atoms. The minimum atomic E-state index is -3.32. The fourth-order valence-corrected chi connectivity index (χ4v) is 4.69. The number of hydrogen-bond acceptors (Lipinski definition) is 3. The Balaban J connectivity index is 1.99. The van der Waals surface area contributed by atoms with Gasteiger partial charge in [-0.3, -0.25) is 0 Å². The first kappa shape index (κ1) is 12.9. The summed E-state index contributed by atoms with van der Waals surface area (Å²) in [6, 6.07) is 7.44. The molecule has 0 amide bonds. The third kappa shape index (κ3) is 2.37. The van der Waals surface area contributed by atoms with Crippen molar-refractivity contribution >= 4 is 15.7 Å². The topological polar surface area (TPSA) is 40.6 Å². The summed E-state index contributed by atoms with van der Waals surface area (Å²) >= 11 is 0. The van der Waals surface area contributed by atoms with Crippen molar-refractivity contribution < 1.29 is 8.42 Å². The maximum absolute atomic E-state index is 12.7. The molecule has 2 saturated heterocycles. The predicted octanol–water partition coefficient (Wildman–Crippen LogP) is 2.07. The predicted molar refractivity (Wildman–Crippen MR) is 75.9 cm³/mol. The van der Waals surface area contributed by atoms with E-state index in [0.717, 1.165) is 44.5 Å². The van der Waals surface area contributed by atoms with Crippen LogP contribution in [0.15, 0.2) is 29.2 Å². The molecule has 0 radical (unpaired) electrons. The zero-order valence-electron chi connectivity index (χ0n) is 11.1. The molecule has 5 heteroatoms. The Hall–Kier alpha value is -1.07. The van der Waals surface area contributed by atoms with E-state index in [-0.39, 0.29) is 0 Å². The van der Waals surface area contributed by atoms with Crippen molar-refractivity contribution in [3.63, 3.8) is 0 Å². The van der Waals surface area contributed by atoms with Crippen LogP contribution < -0.4 is 4.90 Å². The Bertz CT molecular complexity index is 544. The van der Waals surface area contributed by atoms with Crippen LogP contribution in [0.5, 0.6) is 0 Å². The van der Waals surface area contributed by atoms with E-state index in [9.17, 15) is 8.42 Å². The lowest BCUT2D eigenvalue weighted by molar-refractivity contribution is 0.477. The second kappa shape index (κ2) is 5.13.